The fraction of sp³-hybridized carbons (Fsp3) is 0.200. The molecule has 0 amide bonds. The number of rotatable bonds is 5. The molecule has 0 aliphatic carbocycles. The molecule has 0 radical (unpaired) electrons. The van der Waals surface area contributed by atoms with E-state index in [0.717, 1.165) is 11.1 Å². The number of nitrogens with one attached hydrogen (secondary N) is 1. The number of aliphatic hydroxyl groups is 1. The lowest BCUT2D eigenvalue weighted by Crippen LogP contribution is -2.25. The van der Waals surface area contributed by atoms with Crippen LogP contribution in [0.25, 0.3) is 0 Å². The molecule has 6 heteroatoms. The first-order valence-electron chi connectivity index (χ1n) is 6.47. The van der Waals surface area contributed by atoms with Crippen LogP contribution in [-0.2, 0) is 23.2 Å². The smallest absolute Gasteiger partial charge is 0.243 e. The average molecular weight is 306 g/mol. The molecule has 0 unspecified atom stereocenters. The predicted octanol–water partition coefficient (Wildman–Crippen LogP) is 1.55. The van der Waals surface area contributed by atoms with E-state index in [1.54, 1.807) is 49.4 Å². The third kappa shape index (κ3) is 3.60. The van der Waals surface area contributed by atoms with Gasteiger partial charge in [0.2, 0.25) is 10.0 Å². The summed E-state index contributed by atoms with van der Waals surface area (Å²) in [5, 5.41) is 9.09. The van der Waals surface area contributed by atoms with E-state index in [4.69, 9.17) is 10.8 Å². The molecule has 0 aliphatic heterocycles. The summed E-state index contributed by atoms with van der Waals surface area (Å²) < 4.78 is 27.3. The molecule has 0 fully saturated rings. The normalized spacial score (nSPS) is 11.5. The summed E-state index contributed by atoms with van der Waals surface area (Å²) >= 11 is 0. The molecule has 0 spiro atoms. The van der Waals surface area contributed by atoms with Crippen molar-refractivity contribution in [3.63, 3.8) is 0 Å². The maximum atomic E-state index is 12.4. The van der Waals surface area contributed by atoms with Gasteiger partial charge in [-0.05, 0) is 29.7 Å². The SMILES string of the molecule is Cc1cccc(N)c1S(=O)(=O)NCc1cccc(CO)c1. The van der Waals surface area contributed by atoms with Crippen molar-refractivity contribution in [1.82, 2.24) is 4.72 Å². The molecular formula is C15H18N2O3S. The third-order valence-corrected chi connectivity index (χ3v) is 4.77. The number of hydrogen-bond donors (Lipinski definition) is 3. The van der Waals surface area contributed by atoms with Crippen molar-refractivity contribution >= 4 is 15.7 Å². The van der Waals surface area contributed by atoms with Crippen molar-refractivity contribution in [3.05, 3.63) is 59.2 Å². The van der Waals surface area contributed by atoms with Crippen LogP contribution < -0.4 is 10.5 Å². The topological polar surface area (TPSA) is 92.4 Å². The van der Waals surface area contributed by atoms with E-state index < -0.39 is 10.0 Å². The van der Waals surface area contributed by atoms with E-state index in [9.17, 15) is 8.42 Å². The molecule has 2 aromatic carbocycles. The van der Waals surface area contributed by atoms with Crippen LogP contribution in [0.3, 0.4) is 0 Å². The lowest BCUT2D eigenvalue weighted by Gasteiger charge is -2.12. The van der Waals surface area contributed by atoms with Crippen molar-refractivity contribution < 1.29 is 13.5 Å². The lowest BCUT2D eigenvalue weighted by atomic mass is 10.1. The summed E-state index contributed by atoms with van der Waals surface area (Å²) in [7, 11) is -3.68. The Morgan fingerprint density at radius 1 is 1.14 bits per heavy atom. The molecule has 0 saturated carbocycles. The Morgan fingerprint density at radius 2 is 1.81 bits per heavy atom. The van der Waals surface area contributed by atoms with Crippen LogP contribution in [0.4, 0.5) is 5.69 Å². The Bertz CT molecular complexity index is 722. The number of sulfonamides is 1. The van der Waals surface area contributed by atoms with Crippen molar-refractivity contribution in [1.29, 1.82) is 0 Å². The molecule has 112 valence electrons. The third-order valence-electron chi connectivity index (χ3n) is 3.15. The van der Waals surface area contributed by atoms with Crippen molar-refractivity contribution in [3.8, 4) is 0 Å². The minimum absolute atomic E-state index is 0.0780. The minimum Gasteiger partial charge on any atom is -0.398 e. The van der Waals surface area contributed by atoms with Crippen molar-refractivity contribution in [2.45, 2.75) is 25.0 Å². The van der Waals surface area contributed by atoms with Gasteiger partial charge in [0.15, 0.2) is 0 Å². The van der Waals surface area contributed by atoms with Crippen LogP contribution in [0.2, 0.25) is 0 Å². The number of benzene rings is 2. The number of aliphatic hydroxyl groups excluding tert-OH is 1. The van der Waals surface area contributed by atoms with Crippen molar-refractivity contribution in [2.75, 3.05) is 5.73 Å². The van der Waals surface area contributed by atoms with Gasteiger partial charge in [-0.25, -0.2) is 13.1 Å². The van der Waals surface area contributed by atoms with Gasteiger partial charge in [-0.3, -0.25) is 0 Å². The number of nitrogens with two attached hydrogens (primary N) is 1. The Labute approximate surface area is 124 Å². The van der Waals surface area contributed by atoms with Gasteiger partial charge in [0, 0.05) is 6.54 Å². The first-order chi connectivity index (χ1) is 9.94. The minimum atomic E-state index is -3.68. The molecule has 0 atom stereocenters. The fourth-order valence-electron chi connectivity index (χ4n) is 2.13. The number of nitrogen functional groups attached to an aromatic ring is 1. The zero-order chi connectivity index (χ0) is 15.5. The largest absolute Gasteiger partial charge is 0.398 e. The summed E-state index contributed by atoms with van der Waals surface area (Å²) in [5.74, 6) is 0. The van der Waals surface area contributed by atoms with Gasteiger partial charge < -0.3 is 10.8 Å². The van der Waals surface area contributed by atoms with Crippen LogP contribution in [0.15, 0.2) is 47.4 Å². The maximum absolute atomic E-state index is 12.4. The van der Waals surface area contributed by atoms with Crippen LogP contribution in [0.1, 0.15) is 16.7 Å². The highest BCUT2D eigenvalue weighted by Gasteiger charge is 2.19. The molecular weight excluding hydrogens is 288 g/mol. The second kappa shape index (κ2) is 6.26. The molecule has 21 heavy (non-hydrogen) atoms. The number of anilines is 1. The summed E-state index contributed by atoms with van der Waals surface area (Å²) in [5.41, 5.74) is 8.11. The van der Waals surface area contributed by atoms with Crippen LogP contribution in [0, 0.1) is 6.92 Å². The van der Waals surface area contributed by atoms with Crippen molar-refractivity contribution in [2.24, 2.45) is 0 Å². The Morgan fingerprint density at radius 3 is 2.48 bits per heavy atom. The molecule has 0 heterocycles. The standard InChI is InChI=1S/C15H18N2O3S/c1-11-4-2-7-14(16)15(11)21(19,20)17-9-12-5-3-6-13(8-12)10-18/h2-8,17-18H,9-10,16H2,1H3. The van der Waals surface area contributed by atoms with Gasteiger partial charge in [0.25, 0.3) is 0 Å². The van der Waals surface area contributed by atoms with Crippen LogP contribution >= 0.6 is 0 Å². The number of hydrogen-bond acceptors (Lipinski definition) is 4. The van der Waals surface area contributed by atoms with Gasteiger partial charge >= 0.3 is 0 Å². The molecule has 0 aliphatic rings. The Hall–Kier alpha value is -1.89. The summed E-state index contributed by atoms with van der Waals surface area (Å²) in [6.07, 6.45) is 0. The summed E-state index contributed by atoms with van der Waals surface area (Å²) in [6, 6.07) is 12.1. The first-order valence-corrected chi connectivity index (χ1v) is 7.96. The maximum Gasteiger partial charge on any atom is 0.243 e. The van der Waals surface area contributed by atoms with Gasteiger partial charge in [0.1, 0.15) is 4.90 Å². The zero-order valence-corrected chi connectivity index (χ0v) is 12.5. The predicted molar refractivity (Wildman–Crippen MR) is 82.0 cm³/mol. The fourth-order valence-corrected chi connectivity index (χ4v) is 3.50. The monoisotopic (exact) mass is 306 g/mol. The van der Waals surface area contributed by atoms with Crippen LogP contribution in [-0.4, -0.2) is 13.5 Å². The highest BCUT2D eigenvalue weighted by atomic mass is 32.2. The van der Waals surface area contributed by atoms with Gasteiger partial charge in [0.05, 0.1) is 12.3 Å². The second-order valence-corrected chi connectivity index (χ2v) is 6.50. The molecule has 0 aromatic heterocycles. The zero-order valence-electron chi connectivity index (χ0n) is 11.7. The Balaban J connectivity index is 2.22. The van der Waals surface area contributed by atoms with Gasteiger partial charge in [-0.1, -0.05) is 36.4 Å². The molecule has 4 N–H and O–H groups in total. The van der Waals surface area contributed by atoms with E-state index in [-0.39, 0.29) is 23.7 Å². The van der Waals surface area contributed by atoms with Crippen LogP contribution in [0.5, 0.6) is 0 Å². The van der Waals surface area contributed by atoms with Gasteiger partial charge in [-0.2, -0.15) is 0 Å². The van der Waals surface area contributed by atoms with E-state index in [0.29, 0.717) is 5.56 Å². The first kappa shape index (κ1) is 15.5. The number of aryl methyl sites for hydroxylation is 1. The highest BCUT2D eigenvalue weighted by molar-refractivity contribution is 7.89. The molecule has 0 bridgehead atoms. The lowest BCUT2D eigenvalue weighted by molar-refractivity contribution is 0.281. The highest BCUT2D eigenvalue weighted by Crippen LogP contribution is 2.22. The van der Waals surface area contributed by atoms with E-state index >= 15 is 0 Å². The van der Waals surface area contributed by atoms with E-state index in [2.05, 4.69) is 4.72 Å². The molecule has 2 rings (SSSR count). The molecule has 5 nitrogen and oxygen atoms in total. The molecule has 2 aromatic rings. The summed E-state index contributed by atoms with van der Waals surface area (Å²) in [6.45, 7) is 1.77. The van der Waals surface area contributed by atoms with E-state index in [1.165, 1.54) is 0 Å². The van der Waals surface area contributed by atoms with Gasteiger partial charge in [-0.15, -0.1) is 0 Å². The Kier molecular flexibility index (Phi) is 4.62. The quantitative estimate of drug-likeness (QED) is 0.731. The second-order valence-electron chi connectivity index (χ2n) is 4.80. The van der Waals surface area contributed by atoms with E-state index in [1.807, 2.05) is 0 Å². The average Bonchev–Trinajstić information content (AvgIpc) is 2.45. The molecule has 0 saturated heterocycles. The summed E-state index contributed by atoms with van der Waals surface area (Å²) in [4.78, 5) is 0.114.